The van der Waals surface area contributed by atoms with E-state index in [1.54, 1.807) is 13.8 Å². The van der Waals surface area contributed by atoms with E-state index in [2.05, 4.69) is 0 Å². The van der Waals surface area contributed by atoms with E-state index in [4.69, 9.17) is 14.2 Å². The lowest BCUT2D eigenvalue weighted by Crippen LogP contribution is -2.40. The van der Waals surface area contributed by atoms with Crippen LogP contribution in [0, 0.1) is 0 Å². The maximum absolute atomic E-state index is 11.0. The number of carbonyl (C=O) groups excluding carboxylic acids is 1. The predicted octanol–water partition coefficient (Wildman–Crippen LogP) is -1.21. The maximum Gasteiger partial charge on any atom is 0.338 e. The van der Waals surface area contributed by atoms with Gasteiger partial charge in [0.15, 0.2) is 18.0 Å². The molecule has 0 saturated carbocycles. The molecule has 0 spiro atoms. The molecule has 2 heterocycles. The van der Waals surface area contributed by atoms with E-state index in [0.717, 1.165) is 0 Å². The number of aliphatic hydroxyl groups is 2. The minimum absolute atomic E-state index is 0.231. The van der Waals surface area contributed by atoms with E-state index < -0.39 is 36.2 Å². The van der Waals surface area contributed by atoms with Gasteiger partial charge in [-0.25, -0.2) is 4.79 Å². The Hall–Kier alpha value is -0.690. The summed E-state index contributed by atoms with van der Waals surface area (Å²) in [4.78, 5) is 11.0. The van der Waals surface area contributed by atoms with Gasteiger partial charge < -0.3 is 24.4 Å². The summed E-state index contributed by atoms with van der Waals surface area (Å²) < 4.78 is 15.5. The van der Waals surface area contributed by atoms with Crippen LogP contribution in [0.4, 0.5) is 0 Å². The van der Waals surface area contributed by atoms with Gasteiger partial charge in [0.2, 0.25) is 0 Å². The number of cyclic esters (lactones) is 1. The Morgan fingerprint density at radius 2 is 2.07 bits per heavy atom. The molecule has 0 aromatic rings. The van der Waals surface area contributed by atoms with Crippen molar-refractivity contribution in [3.63, 3.8) is 0 Å². The molecule has 2 N–H and O–H groups in total. The Balaban J connectivity index is 2.04. The van der Waals surface area contributed by atoms with Gasteiger partial charge in [-0.3, -0.25) is 0 Å². The van der Waals surface area contributed by atoms with Crippen LogP contribution in [0.5, 0.6) is 0 Å². The van der Waals surface area contributed by atoms with Gasteiger partial charge in [0, 0.05) is 0 Å². The average Bonchev–Trinajstić information content (AvgIpc) is 2.62. The van der Waals surface area contributed by atoms with Gasteiger partial charge in [-0.2, -0.15) is 0 Å². The summed E-state index contributed by atoms with van der Waals surface area (Å²) in [5.41, 5.74) is 0. The zero-order valence-corrected chi connectivity index (χ0v) is 8.54. The van der Waals surface area contributed by atoms with Crippen LogP contribution in [0.3, 0.4) is 0 Å². The van der Waals surface area contributed by atoms with Crippen LogP contribution in [0.25, 0.3) is 0 Å². The predicted molar refractivity (Wildman–Crippen MR) is 46.8 cm³/mol. The Bertz CT molecular complexity index is 276. The molecule has 0 aromatic carbocycles. The molecule has 2 aliphatic heterocycles. The second-order valence-electron chi connectivity index (χ2n) is 4.20. The first kappa shape index (κ1) is 10.8. The summed E-state index contributed by atoms with van der Waals surface area (Å²) >= 11 is 0. The molecule has 2 aliphatic rings. The van der Waals surface area contributed by atoms with Crippen molar-refractivity contribution in [2.75, 3.05) is 6.61 Å². The van der Waals surface area contributed by atoms with Crippen LogP contribution in [-0.2, 0) is 19.0 Å². The summed E-state index contributed by atoms with van der Waals surface area (Å²) in [5.74, 6) is -1.56. The van der Waals surface area contributed by atoms with Gasteiger partial charge in [-0.05, 0) is 13.8 Å². The molecule has 0 radical (unpaired) electrons. The number of aliphatic hydroxyl groups excluding tert-OH is 2. The third kappa shape index (κ3) is 1.85. The minimum Gasteiger partial charge on any atom is -0.455 e. The van der Waals surface area contributed by atoms with Crippen molar-refractivity contribution in [1.82, 2.24) is 0 Å². The van der Waals surface area contributed by atoms with Crippen LogP contribution in [0.1, 0.15) is 13.8 Å². The summed E-state index contributed by atoms with van der Waals surface area (Å²) in [5, 5.41) is 18.7. The van der Waals surface area contributed by atoms with Crippen molar-refractivity contribution in [2.45, 2.75) is 44.1 Å². The first-order chi connectivity index (χ1) is 6.91. The molecule has 15 heavy (non-hydrogen) atoms. The molecule has 6 nitrogen and oxygen atoms in total. The molecule has 0 unspecified atom stereocenters. The summed E-state index contributed by atoms with van der Waals surface area (Å²) in [6.45, 7) is 3.69. The quantitative estimate of drug-likeness (QED) is 0.537. The lowest BCUT2D eigenvalue weighted by molar-refractivity contribution is -0.166. The van der Waals surface area contributed by atoms with E-state index in [-0.39, 0.29) is 6.61 Å². The molecule has 86 valence electrons. The molecule has 0 aliphatic carbocycles. The smallest absolute Gasteiger partial charge is 0.338 e. The highest BCUT2D eigenvalue weighted by Gasteiger charge is 2.50. The van der Waals surface area contributed by atoms with Crippen molar-refractivity contribution in [1.29, 1.82) is 0 Å². The van der Waals surface area contributed by atoms with Crippen LogP contribution in [0.15, 0.2) is 0 Å². The number of hydrogen-bond acceptors (Lipinski definition) is 6. The fourth-order valence-electron chi connectivity index (χ4n) is 1.77. The Labute approximate surface area is 86.7 Å². The Kier molecular flexibility index (Phi) is 2.46. The van der Waals surface area contributed by atoms with Crippen LogP contribution >= 0.6 is 0 Å². The summed E-state index contributed by atoms with van der Waals surface area (Å²) in [6, 6.07) is 0. The molecule has 0 bridgehead atoms. The molecule has 2 fully saturated rings. The second-order valence-corrected chi connectivity index (χ2v) is 4.20. The molecule has 0 aromatic heterocycles. The maximum atomic E-state index is 11.0. The van der Waals surface area contributed by atoms with Crippen molar-refractivity contribution < 1.29 is 29.2 Å². The van der Waals surface area contributed by atoms with E-state index in [9.17, 15) is 15.0 Å². The highest BCUT2D eigenvalue weighted by atomic mass is 16.8. The first-order valence-corrected chi connectivity index (χ1v) is 4.79. The van der Waals surface area contributed by atoms with Gasteiger partial charge in [-0.1, -0.05) is 0 Å². The number of hydrogen-bond donors (Lipinski definition) is 2. The molecular formula is C9H14O6. The fraction of sp³-hybridized carbons (Fsp3) is 0.889. The monoisotopic (exact) mass is 218 g/mol. The third-order valence-corrected chi connectivity index (χ3v) is 2.55. The van der Waals surface area contributed by atoms with Gasteiger partial charge >= 0.3 is 5.97 Å². The largest absolute Gasteiger partial charge is 0.455 e. The van der Waals surface area contributed by atoms with Gasteiger partial charge in [-0.15, -0.1) is 0 Å². The second kappa shape index (κ2) is 3.41. The standard InChI is InChI=1S/C9H14O6/c1-9(2)13-3-4(15-9)7-5(10)6(11)8(12)14-7/h4-7,10-11H,3H2,1-2H3/t4-,5+,6-,7+/m0/s1. The van der Waals surface area contributed by atoms with Crippen molar-refractivity contribution >= 4 is 5.97 Å². The lowest BCUT2D eigenvalue weighted by Gasteiger charge is -2.21. The topological polar surface area (TPSA) is 85.2 Å². The fourth-order valence-corrected chi connectivity index (χ4v) is 1.77. The van der Waals surface area contributed by atoms with Crippen LogP contribution in [-0.4, -0.2) is 53.0 Å². The SMILES string of the molecule is CC1(C)OC[C@@H]([C@H]2OC(=O)[C@@H](O)[C@H]2O)O1. The van der Waals surface area contributed by atoms with E-state index in [1.807, 2.05) is 0 Å². The van der Waals surface area contributed by atoms with Gasteiger partial charge in [0.1, 0.15) is 12.2 Å². The number of carbonyl (C=O) groups is 1. The molecular weight excluding hydrogens is 204 g/mol. The van der Waals surface area contributed by atoms with Gasteiger partial charge in [0.25, 0.3) is 0 Å². The Morgan fingerprint density at radius 3 is 2.47 bits per heavy atom. The lowest BCUT2D eigenvalue weighted by atomic mass is 10.1. The van der Waals surface area contributed by atoms with Crippen LogP contribution < -0.4 is 0 Å². The van der Waals surface area contributed by atoms with Crippen LogP contribution in [0.2, 0.25) is 0 Å². The molecule has 6 heteroatoms. The average molecular weight is 218 g/mol. The third-order valence-electron chi connectivity index (χ3n) is 2.55. The van der Waals surface area contributed by atoms with Crippen molar-refractivity contribution in [2.24, 2.45) is 0 Å². The number of rotatable bonds is 1. The van der Waals surface area contributed by atoms with Crippen molar-refractivity contribution in [3.8, 4) is 0 Å². The summed E-state index contributed by atoms with van der Waals surface area (Å²) in [6.07, 6.45) is -4.12. The Morgan fingerprint density at radius 1 is 1.40 bits per heavy atom. The van der Waals surface area contributed by atoms with E-state index >= 15 is 0 Å². The molecule has 0 amide bonds. The van der Waals surface area contributed by atoms with E-state index in [0.29, 0.717) is 0 Å². The number of esters is 1. The highest BCUT2D eigenvalue weighted by molar-refractivity contribution is 5.77. The molecule has 4 atom stereocenters. The van der Waals surface area contributed by atoms with Crippen molar-refractivity contribution in [3.05, 3.63) is 0 Å². The highest BCUT2D eigenvalue weighted by Crippen LogP contribution is 2.30. The van der Waals surface area contributed by atoms with E-state index in [1.165, 1.54) is 0 Å². The van der Waals surface area contributed by atoms with Gasteiger partial charge in [0.05, 0.1) is 6.61 Å². The number of ether oxygens (including phenoxy) is 3. The minimum atomic E-state index is -1.48. The molecule has 2 rings (SSSR count). The molecule has 2 saturated heterocycles. The normalized spacial score (nSPS) is 44.4. The zero-order chi connectivity index (χ0) is 11.2. The zero-order valence-electron chi connectivity index (χ0n) is 8.54. The first-order valence-electron chi connectivity index (χ1n) is 4.79. The summed E-state index contributed by atoms with van der Waals surface area (Å²) in [7, 11) is 0.